The first-order chi connectivity index (χ1) is 12.1. The summed E-state index contributed by atoms with van der Waals surface area (Å²) in [5, 5.41) is 6.45. The molecular formula is C19H19N3O3. The Hall–Kier alpha value is -3.15. The maximum atomic E-state index is 12.1. The third-order valence-corrected chi connectivity index (χ3v) is 3.63. The lowest BCUT2D eigenvalue weighted by atomic mass is 10.1. The SMILES string of the molecule is Cc1nc(CNC(=O)[C@H](C)Oc2ccc(-c3ccccc3)cc2)no1. The predicted molar refractivity (Wildman–Crippen MR) is 92.8 cm³/mol. The fourth-order valence-corrected chi connectivity index (χ4v) is 2.34. The molecule has 0 radical (unpaired) electrons. The van der Waals surface area contributed by atoms with Gasteiger partial charge in [-0.25, -0.2) is 0 Å². The van der Waals surface area contributed by atoms with E-state index in [4.69, 9.17) is 9.26 Å². The van der Waals surface area contributed by atoms with Crippen molar-refractivity contribution < 1.29 is 14.1 Å². The number of aryl methyl sites for hydroxylation is 1. The molecule has 2 aromatic carbocycles. The Morgan fingerprint density at radius 2 is 1.80 bits per heavy atom. The van der Waals surface area contributed by atoms with Gasteiger partial charge in [0.05, 0.1) is 6.54 Å². The van der Waals surface area contributed by atoms with Gasteiger partial charge < -0.3 is 14.6 Å². The quantitative estimate of drug-likeness (QED) is 0.748. The van der Waals surface area contributed by atoms with Crippen LogP contribution in [0.4, 0.5) is 0 Å². The van der Waals surface area contributed by atoms with E-state index in [2.05, 4.69) is 15.5 Å². The van der Waals surface area contributed by atoms with Crippen molar-refractivity contribution in [2.75, 3.05) is 0 Å². The Kier molecular flexibility index (Phi) is 5.09. The van der Waals surface area contributed by atoms with Gasteiger partial charge >= 0.3 is 0 Å². The monoisotopic (exact) mass is 337 g/mol. The molecule has 3 rings (SSSR count). The lowest BCUT2D eigenvalue weighted by molar-refractivity contribution is -0.127. The van der Waals surface area contributed by atoms with Crippen LogP contribution in [0.2, 0.25) is 0 Å². The zero-order chi connectivity index (χ0) is 17.6. The highest BCUT2D eigenvalue weighted by Crippen LogP contribution is 2.22. The van der Waals surface area contributed by atoms with Crippen LogP contribution in [0.5, 0.6) is 5.75 Å². The summed E-state index contributed by atoms with van der Waals surface area (Å²) >= 11 is 0. The van der Waals surface area contributed by atoms with Crippen molar-refractivity contribution in [3.8, 4) is 16.9 Å². The van der Waals surface area contributed by atoms with Gasteiger partial charge in [0.1, 0.15) is 5.75 Å². The van der Waals surface area contributed by atoms with Crippen molar-refractivity contribution in [3.05, 3.63) is 66.3 Å². The van der Waals surface area contributed by atoms with Gasteiger partial charge in [-0.15, -0.1) is 0 Å². The van der Waals surface area contributed by atoms with Gasteiger partial charge in [0.25, 0.3) is 5.91 Å². The van der Waals surface area contributed by atoms with Crippen LogP contribution >= 0.6 is 0 Å². The zero-order valence-electron chi connectivity index (χ0n) is 14.1. The third kappa shape index (κ3) is 4.44. The van der Waals surface area contributed by atoms with E-state index in [9.17, 15) is 4.79 Å². The Balaban J connectivity index is 1.55. The van der Waals surface area contributed by atoms with Gasteiger partial charge in [0.2, 0.25) is 5.89 Å². The normalized spacial score (nSPS) is 11.8. The molecule has 25 heavy (non-hydrogen) atoms. The van der Waals surface area contributed by atoms with E-state index >= 15 is 0 Å². The van der Waals surface area contributed by atoms with Crippen molar-refractivity contribution >= 4 is 5.91 Å². The summed E-state index contributed by atoms with van der Waals surface area (Å²) in [5.41, 5.74) is 2.23. The highest BCUT2D eigenvalue weighted by atomic mass is 16.5. The molecule has 0 aliphatic heterocycles. The van der Waals surface area contributed by atoms with Crippen LogP contribution in [0.15, 0.2) is 59.1 Å². The second kappa shape index (κ2) is 7.61. The van der Waals surface area contributed by atoms with Gasteiger partial charge in [-0.3, -0.25) is 4.79 Å². The number of hydrogen-bond acceptors (Lipinski definition) is 5. The number of aromatic nitrogens is 2. The van der Waals surface area contributed by atoms with Gasteiger partial charge in [-0.05, 0) is 30.2 Å². The molecule has 1 aromatic heterocycles. The van der Waals surface area contributed by atoms with E-state index in [1.165, 1.54) is 0 Å². The number of carbonyl (C=O) groups excluding carboxylic acids is 1. The van der Waals surface area contributed by atoms with Crippen LogP contribution in [-0.4, -0.2) is 22.2 Å². The van der Waals surface area contributed by atoms with Crippen molar-refractivity contribution in [1.29, 1.82) is 0 Å². The maximum Gasteiger partial charge on any atom is 0.261 e. The number of nitrogens with zero attached hydrogens (tertiary/aromatic N) is 2. The number of nitrogens with one attached hydrogen (secondary N) is 1. The maximum absolute atomic E-state index is 12.1. The molecule has 3 aromatic rings. The minimum absolute atomic E-state index is 0.205. The minimum atomic E-state index is -0.629. The molecule has 0 bridgehead atoms. The molecule has 0 saturated heterocycles. The molecule has 6 heteroatoms. The number of ether oxygens (including phenoxy) is 1. The van der Waals surface area contributed by atoms with Crippen molar-refractivity contribution in [2.24, 2.45) is 0 Å². The molecule has 0 saturated carbocycles. The number of hydrogen-bond donors (Lipinski definition) is 1. The first-order valence-electron chi connectivity index (χ1n) is 8.01. The largest absolute Gasteiger partial charge is 0.481 e. The smallest absolute Gasteiger partial charge is 0.261 e. The molecule has 0 spiro atoms. The zero-order valence-corrected chi connectivity index (χ0v) is 14.1. The summed E-state index contributed by atoms with van der Waals surface area (Å²) in [6.45, 7) is 3.60. The average Bonchev–Trinajstić information content (AvgIpc) is 3.06. The Labute approximate surface area is 145 Å². The summed E-state index contributed by atoms with van der Waals surface area (Å²) < 4.78 is 10.5. The summed E-state index contributed by atoms with van der Waals surface area (Å²) in [6, 6.07) is 17.7. The first-order valence-corrected chi connectivity index (χ1v) is 8.01. The van der Waals surface area contributed by atoms with Crippen molar-refractivity contribution in [2.45, 2.75) is 26.5 Å². The lowest BCUT2D eigenvalue weighted by Crippen LogP contribution is -2.36. The number of rotatable bonds is 6. The molecule has 1 N–H and O–H groups in total. The molecule has 1 atom stereocenters. The van der Waals surface area contributed by atoms with E-state index < -0.39 is 6.10 Å². The second-order valence-electron chi connectivity index (χ2n) is 5.60. The molecule has 128 valence electrons. The summed E-state index contributed by atoms with van der Waals surface area (Å²) in [7, 11) is 0. The van der Waals surface area contributed by atoms with Crippen molar-refractivity contribution in [3.63, 3.8) is 0 Å². The van der Waals surface area contributed by atoms with Crippen LogP contribution in [0.25, 0.3) is 11.1 Å². The van der Waals surface area contributed by atoms with Gasteiger partial charge in [0, 0.05) is 6.92 Å². The summed E-state index contributed by atoms with van der Waals surface area (Å²) in [5.74, 6) is 1.30. The number of carbonyl (C=O) groups is 1. The molecule has 0 unspecified atom stereocenters. The van der Waals surface area contributed by atoms with Crippen LogP contribution in [0.3, 0.4) is 0 Å². The van der Waals surface area contributed by atoms with E-state index in [0.29, 0.717) is 17.5 Å². The molecule has 0 fully saturated rings. The van der Waals surface area contributed by atoms with Gasteiger partial charge in [-0.2, -0.15) is 4.98 Å². The number of benzene rings is 2. The third-order valence-electron chi connectivity index (χ3n) is 3.63. The van der Waals surface area contributed by atoms with Crippen LogP contribution in [0, 0.1) is 6.92 Å². The molecule has 6 nitrogen and oxygen atoms in total. The fraction of sp³-hybridized carbons (Fsp3) is 0.211. The Morgan fingerprint density at radius 1 is 1.12 bits per heavy atom. The highest BCUT2D eigenvalue weighted by molar-refractivity contribution is 5.80. The average molecular weight is 337 g/mol. The molecular weight excluding hydrogens is 318 g/mol. The minimum Gasteiger partial charge on any atom is -0.481 e. The van der Waals surface area contributed by atoms with Crippen LogP contribution < -0.4 is 10.1 Å². The lowest BCUT2D eigenvalue weighted by Gasteiger charge is -2.14. The van der Waals surface area contributed by atoms with Crippen LogP contribution in [-0.2, 0) is 11.3 Å². The summed E-state index contributed by atoms with van der Waals surface area (Å²) in [4.78, 5) is 16.1. The van der Waals surface area contributed by atoms with E-state index in [1.807, 2.05) is 54.6 Å². The Bertz CT molecular complexity index is 829. The van der Waals surface area contributed by atoms with Crippen LogP contribution in [0.1, 0.15) is 18.6 Å². The van der Waals surface area contributed by atoms with E-state index in [0.717, 1.165) is 11.1 Å². The Morgan fingerprint density at radius 3 is 2.44 bits per heavy atom. The molecule has 1 heterocycles. The standard InChI is InChI=1S/C19H19N3O3/c1-13(19(23)20-12-18-21-14(2)25-22-18)24-17-10-8-16(9-11-17)15-6-4-3-5-7-15/h3-11,13H,12H2,1-2H3,(H,20,23)/t13-/m0/s1. The fourth-order valence-electron chi connectivity index (χ4n) is 2.34. The number of amides is 1. The summed E-state index contributed by atoms with van der Waals surface area (Å²) in [6.07, 6.45) is -0.629. The highest BCUT2D eigenvalue weighted by Gasteiger charge is 2.15. The molecule has 0 aliphatic rings. The molecule has 0 aliphatic carbocycles. The van der Waals surface area contributed by atoms with E-state index in [-0.39, 0.29) is 12.5 Å². The predicted octanol–water partition coefficient (Wildman–Crippen LogP) is 3.13. The first kappa shape index (κ1) is 16.7. The molecule has 1 amide bonds. The van der Waals surface area contributed by atoms with Crippen molar-refractivity contribution in [1.82, 2.24) is 15.5 Å². The second-order valence-corrected chi connectivity index (χ2v) is 5.60. The topological polar surface area (TPSA) is 77.2 Å². The van der Waals surface area contributed by atoms with Gasteiger partial charge in [-0.1, -0.05) is 47.6 Å². The van der Waals surface area contributed by atoms with Gasteiger partial charge in [0.15, 0.2) is 11.9 Å². The van der Waals surface area contributed by atoms with E-state index in [1.54, 1.807) is 13.8 Å².